The fourth-order valence-corrected chi connectivity index (χ4v) is 3.80. The lowest BCUT2D eigenvalue weighted by Crippen LogP contribution is -2.45. The van der Waals surface area contributed by atoms with Crippen LogP contribution in [0.25, 0.3) is 0 Å². The van der Waals surface area contributed by atoms with Gasteiger partial charge in [0.2, 0.25) is 0 Å². The average Bonchev–Trinajstić information content (AvgIpc) is 2.75. The Kier molecular flexibility index (Phi) is 5.12. The van der Waals surface area contributed by atoms with Crippen molar-refractivity contribution in [2.75, 3.05) is 6.54 Å². The zero-order chi connectivity index (χ0) is 15.5. The summed E-state index contributed by atoms with van der Waals surface area (Å²) in [5.74, 6) is -0.953. The number of carbonyl (C=O) groups is 2. The summed E-state index contributed by atoms with van der Waals surface area (Å²) in [4.78, 5) is 23.2. The summed E-state index contributed by atoms with van der Waals surface area (Å²) in [5.41, 5.74) is 0.315. The molecule has 120 valence electrons. The number of amides is 2. The lowest BCUT2D eigenvalue weighted by molar-refractivity contribution is -0.144. The maximum Gasteiger partial charge on any atom is 0.315 e. The van der Waals surface area contributed by atoms with Crippen LogP contribution >= 0.6 is 0 Å². The van der Waals surface area contributed by atoms with Gasteiger partial charge in [-0.25, -0.2) is 4.79 Å². The number of aliphatic carboxylic acids is 1. The molecule has 0 aliphatic heterocycles. The van der Waals surface area contributed by atoms with Crippen LogP contribution in [0.1, 0.15) is 58.8 Å². The van der Waals surface area contributed by atoms with Gasteiger partial charge in [0.25, 0.3) is 0 Å². The van der Waals surface area contributed by atoms with Gasteiger partial charge in [0.05, 0.1) is 5.92 Å². The zero-order valence-corrected chi connectivity index (χ0v) is 13.2. The molecule has 2 saturated carbocycles. The summed E-state index contributed by atoms with van der Waals surface area (Å²) in [6, 6.07) is 0.106. The fraction of sp³-hybridized carbons (Fsp3) is 0.875. The first kappa shape index (κ1) is 16.1. The molecule has 0 radical (unpaired) electrons. The maximum absolute atomic E-state index is 12.0. The van der Waals surface area contributed by atoms with E-state index in [1.807, 2.05) is 0 Å². The third kappa shape index (κ3) is 4.61. The summed E-state index contributed by atoms with van der Waals surface area (Å²) in [7, 11) is 0. The summed E-state index contributed by atoms with van der Waals surface area (Å²) in [5, 5.41) is 15.1. The molecule has 3 N–H and O–H groups in total. The predicted molar refractivity (Wildman–Crippen MR) is 81.0 cm³/mol. The molecule has 5 heteroatoms. The largest absolute Gasteiger partial charge is 0.481 e. The fourth-order valence-electron chi connectivity index (χ4n) is 3.80. The summed E-state index contributed by atoms with van der Waals surface area (Å²) in [6.07, 6.45) is 6.87. The Hall–Kier alpha value is -1.26. The van der Waals surface area contributed by atoms with E-state index in [4.69, 9.17) is 0 Å². The minimum atomic E-state index is -0.723. The molecule has 0 saturated heterocycles. The summed E-state index contributed by atoms with van der Waals surface area (Å²) < 4.78 is 0. The van der Waals surface area contributed by atoms with Crippen molar-refractivity contribution in [2.24, 2.45) is 17.3 Å². The highest BCUT2D eigenvalue weighted by Crippen LogP contribution is 2.36. The molecule has 2 aliphatic carbocycles. The molecule has 2 amide bonds. The van der Waals surface area contributed by atoms with Crippen LogP contribution in [0, 0.1) is 17.3 Å². The van der Waals surface area contributed by atoms with Crippen LogP contribution in [0.3, 0.4) is 0 Å². The van der Waals surface area contributed by atoms with Gasteiger partial charge in [-0.3, -0.25) is 4.79 Å². The van der Waals surface area contributed by atoms with E-state index in [0.29, 0.717) is 12.0 Å². The van der Waals surface area contributed by atoms with E-state index in [0.717, 1.165) is 44.9 Å². The molecule has 21 heavy (non-hydrogen) atoms. The normalized spacial score (nSPS) is 31.6. The van der Waals surface area contributed by atoms with Crippen LogP contribution in [0.5, 0.6) is 0 Å². The third-order valence-electron chi connectivity index (χ3n) is 5.05. The van der Waals surface area contributed by atoms with Crippen molar-refractivity contribution in [1.29, 1.82) is 0 Å². The van der Waals surface area contributed by atoms with Gasteiger partial charge in [-0.15, -0.1) is 0 Å². The van der Waals surface area contributed by atoms with E-state index in [1.54, 1.807) is 0 Å². The van der Waals surface area contributed by atoms with Crippen molar-refractivity contribution >= 4 is 12.0 Å². The van der Waals surface area contributed by atoms with Crippen molar-refractivity contribution in [2.45, 2.75) is 64.8 Å². The van der Waals surface area contributed by atoms with E-state index >= 15 is 0 Å². The number of hydrogen-bond donors (Lipinski definition) is 3. The number of rotatable bonds is 4. The number of nitrogens with one attached hydrogen (secondary N) is 2. The van der Waals surface area contributed by atoms with Gasteiger partial charge in [-0.05, 0) is 43.4 Å². The molecule has 0 aromatic rings. The van der Waals surface area contributed by atoms with Gasteiger partial charge in [-0.1, -0.05) is 26.7 Å². The zero-order valence-electron chi connectivity index (χ0n) is 13.2. The van der Waals surface area contributed by atoms with E-state index < -0.39 is 5.97 Å². The second-order valence-corrected chi connectivity index (χ2v) is 7.45. The molecule has 2 aliphatic rings. The third-order valence-corrected chi connectivity index (χ3v) is 5.05. The molecular weight excluding hydrogens is 268 g/mol. The van der Waals surface area contributed by atoms with Crippen molar-refractivity contribution in [3.05, 3.63) is 0 Å². The second kappa shape index (κ2) is 6.67. The summed E-state index contributed by atoms with van der Waals surface area (Å²) >= 11 is 0. The van der Waals surface area contributed by atoms with Crippen LogP contribution in [0.2, 0.25) is 0 Å². The Balaban J connectivity index is 1.74. The monoisotopic (exact) mass is 296 g/mol. The number of hydrogen-bond acceptors (Lipinski definition) is 2. The molecule has 3 atom stereocenters. The van der Waals surface area contributed by atoms with Crippen molar-refractivity contribution in [3.8, 4) is 0 Å². The molecule has 0 heterocycles. The lowest BCUT2D eigenvalue weighted by Gasteiger charge is -2.28. The highest BCUT2D eigenvalue weighted by molar-refractivity contribution is 5.74. The molecule has 0 aromatic carbocycles. The quantitative estimate of drug-likeness (QED) is 0.746. The molecule has 5 nitrogen and oxygen atoms in total. The van der Waals surface area contributed by atoms with Gasteiger partial charge < -0.3 is 15.7 Å². The van der Waals surface area contributed by atoms with Crippen molar-refractivity contribution in [1.82, 2.24) is 10.6 Å². The van der Waals surface area contributed by atoms with Crippen LogP contribution in [-0.2, 0) is 4.79 Å². The van der Waals surface area contributed by atoms with Crippen molar-refractivity contribution < 1.29 is 14.7 Å². The lowest BCUT2D eigenvalue weighted by atomic mass is 9.79. The first-order valence-electron chi connectivity index (χ1n) is 8.14. The Morgan fingerprint density at radius 3 is 2.52 bits per heavy atom. The molecular formula is C16H28N2O3. The minimum absolute atomic E-state index is 0.0713. The standard InChI is InChI=1S/C16H28N2O3/c1-16(2)8-7-12(9-16)18-15(21)17-10-11-5-3-4-6-13(11)14(19)20/h11-13H,3-10H2,1-2H3,(H,19,20)(H2,17,18,21). The van der Waals surface area contributed by atoms with E-state index in [1.165, 1.54) is 0 Å². The highest BCUT2D eigenvalue weighted by Gasteiger charge is 2.33. The van der Waals surface area contributed by atoms with Gasteiger partial charge in [0, 0.05) is 12.6 Å². The number of urea groups is 1. The molecule has 0 bridgehead atoms. The SMILES string of the molecule is CC1(C)CCC(NC(=O)NCC2CCCCC2C(=O)O)C1. The van der Waals surface area contributed by atoms with Crippen LogP contribution < -0.4 is 10.6 Å². The Morgan fingerprint density at radius 1 is 1.19 bits per heavy atom. The Labute approximate surface area is 126 Å². The van der Waals surface area contributed by atoms with E-state index in [-0.39, 0.29) is 23.9 Å². The second-order valence-electron chi connectivity index (χ2n) is 7.45. The van der Waals surface area contributed by atoms with Gasteiger partial charge in [0.15, 0.2) is 0 Å². The maximum atomic E-state index is 12.0. The van der Waals surface area contributed by atoms with Gasteiger partial charge in [0.1, 0.15) is 0 Å². The number of carboxylic acid groups (broad SMARTS) is 1. The smallest absolute Gasteiger partial charge is 0.315 e. The minimum Gasteiger partial charge on any atom is -0.481 e. The Bertz CT molecular complexity index is 395. The molecule has 3 unspecified atom stereocenters. The number of carboxylic acids is 1. The molecule has 2 rings (SSSR count). The van der Waals surface area contributed by atoms with E-state index in [2.05, 4.69) is 24.5 Å². The van der Waals surface area contributed by atoms with Crippen LogP contribution in [-0.4, -0.2) is 29.7 Å². The van der Waals surface area contributed by atoms with Gasteiger partial charge in [-0.2, -0.15) is 0 Å². The molecule has 2 fully saturated rings. The first-order chi connectivity index (χ1) is 9.87. The highest BCUT2D eigenvalue weighted by atomic mass is 16.4. The van der Waals surface area contributed by atoms with Gasteiger partial charge >= 0.3 is 12.0 Å². The number of carbonyl (C=O) groups excluding carboxylic acids is 1. The van der Waals surface area contributed by atoms with Crippen LogP contribution in [0.15, 0.2) is 0 Å². The molecule has 0 spiro atoms. The first-order valence-corrected chi connectivity index (χ1v) is 8.14. The molecule has 0 aromatic heterocycles. The van der Waals surface area contributed by atoms with E-state index in [9.17, 15) is 14.7 Å². The average molecular weight is 296 g/mol. The summed E-state index contributed by atoms with van der Waals surface area (Å²) in [6.45, 7) is 4.93. The van der Waals surface area contributed by atoms with Crippen molar-refractivity contribution in [3.63, 3.8) is 0 Å². The topological polar surface area (TPSA) is 78.4 Å². The predicted octanol–water partition coefficient (Wildman–Crippen LogP) is 2.76. The Morgan fingerprint density at radius 2 is 1.90 bits per heavy atom. The van der Waals surface area contributed by atoms with Crippen LogP contribution in [0.4, 0.5) is 4.79 Å².